The number of esters is 2. The molecule has 0 bridgehead atoms. The van der Waals surface area contributed by atoms with Crippen LogP contribution in [0.15, 0.2) is 0 Å². The van der Waals surface area contributed by atoms with Gasteiger partial charge in [0.05, 0.1) is 13.2 Å². The number of hydrogen-bond acceptors (Lipinski definition) is 9. The summed E-state index contributed by atoms with van der Waals surface area (Å²) in [5.74, 6) is -0.127. The predicted molar refractivity (Wildman–Crippen MR) is 131 cm³/mol. The Morgan fingerprint density at radius 1 is 0.743 bits per heavy atom. The van der Waals surface area contributed by atoms with Crippen LogP contribution in [0.2, 0.25) is 0 Å². The molecule has 4 rings (SSSR count). The summed E-state index contributed by atoms with van der Waals surface area (Å²) in [5, 5.41) is 3.29. The molecule has 0 unspecified atom stereocenters. The summed E-state index contributed by atoms with van der Waals surface area (Å²) in [6, 6.07) is 0. The van der Waals surface area contributed by atoms with E-state index in [9.17, 15) is 14.4 Å². The third-order valence-electron chi connectivity index (χ3n) is 7.02. The van der Waals surface area contributed by atoms with Crippen molar-refractivity contribution in [2.24, 2.45) is 0 Å². The first kappa shape index (κ1) is 27.7. The maximum atomic E-state index is 12.1. The van der Waals surface area contributed by atoms with Crippen LogP contribution in [0.25, 0.3) is 0 Å². The molecule has 2 saturated heterocycles. The highest BCUT2D eigenvalue weighted by Gasteiger charge is 2.57. The molecule has 0 aromatic carbocycles. The van der Waals surface area contributed by atoms with E-state index in [0.717, 1.165) is 51.9 Å². The Balaban J connectivity index is 0.000000211. The van der Waals surface area contributed by atoms with E-state index in [-0.39, 0.29) is 23.6 Å². The molecular weight excluding hydrogens is 452 g/mol. The first-order valence-corrected chi connectivity index (χ1v) is 13.1. The zero-order valence-corrected chi connectivity index (χ0v) is 22.2. The molecule has 1 N–H and O–H groups in total. The molecule has 4 fully saturated rings. The Hall–Kier alpha value is -1.91. The van der Waals surface area contributed by atoms with Gasteiger partial charge in [-0.05, 0) is 60.3 Å². The number of amides is 1. The van der Waals surface area contributed by atoms with E-state index in [4.69, 9.17) is 14.2 Å². The van der Waals surface area contributed by atoms with Gasteiger partial charge < -0.3 is 24.4 Å². The molecule has 0 atom stereocenters. The number of piperazine rings is 2. The van der Waals surface area contributed by atoms with Crippen molar-refractivity contribution in [3.8, 4) is 0 Å². The fourth-order valence-corrected chi connectivity index (χ4v) is 4.80. The van der Waals surface area contributed by atoms with Crippen LogP contribution in [-0.4, -0.2) is 115 Å². The third kappa shape index (κ3) is 6.86. The smallest absolute Gasteiger partial charge is 0.410 e. The largest absolute Gasteiger partial charge is 0.465 e. The van der Waals surface area contributed by atoms with Gasteiger partial charge in [-0.1, -0.05) is 0 Å². The minimum absolute atomic E-state index is 0.0121. The van der Waals surface area contributed by atoms with Crippen LogP contribution in [0.3, 0.4) is 0 Å². The van der Waals surface area contributed by atoms with Gasteiger partial charge in [0.15, 0.2) is 0 Å². The van der Waals surface area contributed by atoms with Crippen molar-refractivity contribution >= 4 is 18.0 Å². The van der Waals surface area contributed by atoms with E-state index in [0.29, 0.717) is 39.4 Å². The van der Waals surface area contributed by atoms with Gasteiger partial charge in [0.25, 0.3) is 0 Å². The average molecular weight is 497 g/mol. The Labute approximate surface area is 209 Å². The van der Waals surface area contributed by atoms with Crippen molar-refractivity contribution in [2.75, 3.05) is 65.6 Å². The van der Waals surface area contributed by atoms with E-state index in [1.165, 1.54) is 0 Å². The number of carbonyl (C=O) groups excluding carboxylic acids is 3. The minimum Gasteiger partial charge on any atom is -0.465 e. The molecule has 10 nitrogen and oxygen atoms in total. The van der Waals surface area contributed by atoms with E-state index < -0.39 is 11.1 Å². The van der Waals surface area contributed by atoms with Crippen molar-refractivity contribution < 1.29 is 28.6 Å². The lowest BCUT2D eigenvalue weighted by Crippen LogP contribution is -2.56. The molecule has 35 heavy (non-hydrogen) atoms. The summed E-state index contributed by atoms with van der Waals surface area (Å²) in [6.07, 6.45) is 3.40. The second-order valence-corrected chi connectivity index (χ2v) is 10.7. The number of carbonyl (C=O) groups is 3. The molecule has 0 aromatic heterocycles. The Kier molecular flexibility index (Phi) is 9.04. The Bertz CT molecular complexity index is 746. The van der Waals surface area contributed by atoms with Crippen LogP contribution in [0.1, 0.15) is 60.3 Å². The highest BCUT2D eigenvalue weighted by molar-refractivity contribution is 5.84. The van der Waals surface area contributed by atoms with Crippen molar-refractivity contribution in [3.05, 3.63) is 0 Å². The molecule has 0 spiro atoms. The standard InChI is InChI=1S/C15H26N2O4.C10H18N2O2/c1-5-20-12(18)15(6-7-15)17-10-8-16(9-11-17)13(19)21-14(2,3)4;1-2-14-9(13)10(3-4-10)12-7-5-11-6-8-12/h5-11H2,1-4H3;11H,2-8H2,1H3. The maximum absolute atomic E-state index is 12.1. The molecule has 200 valence electrons. The highest BCUT2D eigenvalue weighted by Crippen LogP contribution is 2.44. The maximum Gasteiger partial charge on any atom is 0.410 e. The van der Waals surface area contributed by atoms with Crippen molar-refractivity contribution in [3.63, 3.8) is 0 Å². The van der Waals surface area contributed by atoms with Crippen molar-refractivity contribution in [1.29, 1.82) is 0 Å². The van der Waals surface area contributed by atoms with Crippen LogP contribution in [-0.2, 0) is 23.8 Å². The topological polar surface area (TPSA) is 101 Å². The summed E-state index contributed by atoms with van der Waals surface area (Å²) < 4.78 is 15.7. The van der Waals surface area contributed by atoms with E-state index in [2.05, 4.69) is 15.1 Å². The molecule has 2 saturated carbocycles. The molecule has 2 aliphatic heterocycles. The summed E-state index contributed by atoms with van der Waals surface area (Å²) >= 11 is 0. The van der Waals surface area contributed by atoms with Gasteiger partial charge in [-0.25, -0.2) is 4.79 Å². The van der Waals surface area contributed by atoms with E-state index in [1.54, 1.807) is 4.90 Å². The minimum atomic E-state index is -0.475. The van der Waals surface area contributed by atoms with Gasteiger partial charge in [-0.2, -0.15) is 0 Å². The number of nitrogens with one attached hydrogen (secondary N) is 1. The molecule has 2 heterocycles. The average Bonchev–Trinajstić information content (AvgIpc) is 3.74. The van der Waals surface area contributed by atoms with Crippen LogP contribution < -0.4 is 5.32 Å². The summed E-state index contributed by atoms with van der Waals surface area (Å²) in [7, 11) is 0. The second kappa shape index (κ2) is 11.4. The van der Waals surface area contributed by atoms with Gasteiger partial charge in [0.1, 0.15) is 16.7 Å². The normalized spacial score (nSPS) is 23.4. The zero-order chi connectivity index (χ0) is 25.7. The molecular formula is C25H44N4O6. The predicted octanol–water partition coefficient (Wildman–Crippen LogP) is 1.62. The SMILES string of the molecule is CCOC(=O)C1(N2CCN(C(=O)OC(C)(C)C)CC2)CC1.CCOC(=O)C1(N2CCNCC2)CC1. The lowest BCUT2D eigenvalue weighted by atomic mass is 10.2. The number of nitrogens with zero attached hydrogens (tertiary/aromatic N) is 3. The molecule has 4 aliphatic rings. The van der Waals surface area contributed by atoms with Crippen LogP contribution in [0.5, 0.6) is 0 Å². The van der Waals surface area contributed by atoms with Crippen molar-refractivity contribution in [1.82, 2.24) is 20.0 Å². The van der Waals surface area contributed by atoms with Gasteiger partial charge in [0.2, 0.25) is 0 Å². The van der Waals surface area contributed by atoms with E-state index >= 15 is 0 Å². The third-order valence-corrected chi connectivity index (χ3v) is 7.02. The second-order valence-electron chi connectivity index (χ2n) is 10.7. The van der Waals surface area contributed by atoms with Crippen LogP contribution in [0, 0.1) is 0 Å². The fraction of sp³-hybridized carbons (Fsp3) is 0.880. The van der Waals surface area contributed by atoms with Gasteiger partial charge in [-0.3, -0.25) is 19.4 Å². The van der Waals surface area contributed by atoms with Crippen LogP contribution >= 0.6 is 0 Å². The first-order valence-electron chi connectivity index (χ1n) is 13.1. The van der Waals surface area contributed by atoms with E-state index in [1.807, 2.05) is 34.6 Å². The van der Waals surface area contributed by atoms with Crippen LogP contribution in [0.4, 0.5) is 4.79 Å². The summed E-state index contributed by atoms with van der Waals surface area (Å²) in [6.45, 7) is 16.7. The Morgan fingerprint density at radius 3 is 1.54 bits per heavy atom. The quantitative estimate of drug-likeness (QED) is 0.434. The monoisotopic (exact) mass is 496 g/mol. The Morgan fingerprint density at radius 2 is 1.17 bits per heavy atom. The molecule has 0 radical (unpaired) electrons. The van der Waals surface area contributed by atoms with Gasteiger partial charge in [-0.15, -0.1) is 0 Å². The van der Waals surface area contributed by atoms with Gasteiger partial charge >= 0.3 is 18.0 Å². The number of hydrogen-bond donors (Lipinski definition) is 1. The molecule has 1 amide bonds. The number of ether oxygens (including phenoxy) is 3. The number of rotatable bonds is 6. The molecule has 10 heteroatoms. The summed E-state index contributed by atoms with van der Waals surface area (Å²) in [4.78, 5) is 42.0. The fourth-order valence-electron chi connectivity index (χ4n) is 4.80. The highest BCUT2D eigenvalue weighted by atomic mass is 16.6. The van der Waals surface area contributed by atoms with Gasteiger partial charge in [0, 0.05) is 52.4 Å². The lowest BCUT2D eigenvalue weighted by Gasteiger charge is -2.38. The molecule has 0 aromatic rings. The lowest BCUT2D eigenvalue weighted by molar-refractivity contribution is -0.153. The molecule has 2 aliphatic carbocycles. The zero-order valence-electron chi connectivity index (χ0n) is 22.2. The van der Waals surface area contributed by atoms with Crippen molar-refractivity contribution in [2.45, 2.75) is 77.0 Å². The summed E-state index contributed by atoms with van der Waals surface area (Å²) in [5.41, 5.74) is -1.13. The first-order chi connectivity index (χ1) is 16.6.